The van der Waals surface area contributed by atoms with E-state index in [1.54, 1.807) is 18.2 Å². The fourth-order valence-corrected chi connectivity index (χ4v) is 1.10. The summed E-state index contributed by atoms with van der Waals surface area (Å²) < 4.78 is 4.62. The van der Waals surface area contributed by atoms with Crippen molar-refractivity contribution in [3.05, 3.63) is 29.3 Å². The third kappa shape index (κ3) is 2.73. The van der Waals surface area contributed by atoms with E-state index in [2.05, 4.69) is 16.6 Å². The number of carbonyl (C=O) groups is 1. The molecule has 0 unspecified atom stereocenters. The van der Waals surface area contributed by atoms with E-state index < -0.39 is 5.97 Å². The van der Waals surface area contributed by atoms with Crippen molar-refractivity contribution in [1.82, 2.24) is 0 Å². The molecular weight excluding hydrogens is 192 g/mol. The summed E-state index contributed by atoms with van der Waals surface area (Å²) in [5.41, 5.74) is 12.3. The number of benzene rings is 1. The van der Waals surface area contributed by atoms with Gasteiger partial charge < -0.3 is 16.2 Å². The number of nitrogen functional groups attached to an aromatic ring is 1. The molecule has 4 N–H and O–H groups in total. The van der Waals surface area contributed by atoms with Crippen LogP contribution in [0.25, 0.3) is 0 Å². The first-order chi connectivity index (χ1) is 7.19. The van der Waals surface area contributed by atoms with Gasteiger partial charge in [-0.15, -0.1) is 0 Å². The van der Waals surface area contributed by atoms with Gasteiger partial charge in [0, 0.05) is 11.3 Å². The summed E-state index contributed by atoms with van der Waals surface area (Å²) in [6.07, 6.45) is 0. The maximum Gasteiger partial charge on any atom is 0.339 e. The van der Waals surface area contributed by atoms with E-state index in [4.69, 9.17) is 11.5 Å². The maximum atomic E-state index is 11.3. The Kier molecular flexibility index (Phi) is 3.72. The minimum absolute atomic E-state index is 0.232. The van der Waals surface area contributed by atoms with Crippen LogP contribution >= 0.6 is 0 Å². The summed E-state index contributed by atoms with van der Waals surface area (Å²) in [6, 6.07) is 4.83. The average Bonchev–Trinajstić information content (AvgIpc) is 2.25. The van der Waals surface area contributed by atoms with Gasteiger partial charge in [0.05, 0.1) is 19.2 Å². The molecule has 0 saturated heterocycles. The minimum atomic E-state index is -0.434. The zero-order valence-electron chi connectivity index (χ0n) is 8.41. The molecule has 0 aromatic heterocycles. The van der Waals surface area contributed by atoms with Gasteiger partial charge in [-0.2, -0.15) is 0 Å². The standard InChI is InChI=1S/C11H12N2O2/c1-15-11(14)10-5-4-9(13)7-8(10)3-2-6-12/h4-5,7H,6,12-13H2,1H3. The van der Waals surface area contributed by atoms with E-state index in [9.17, 15) is 4.79 Å². The van der Waals surface area contributed by atoms with Crippen LogP contribution in [0.2, 0.25) is 0 Å². The van der Waals surface area contributed by atoms with Crippen LogP contribution in [0.1, 0.15) is 15.9 Å². The molecule has 1 rings (SSSR count). The number of rotatable bonds is 1. The predicted octanol–water partition coefficient (Wildman–Crippen LogP) is 0.366. The second-order valence-electron chi connectivity index (χ2n) is 2.80. The molecule has 0 radical (unpaired) electrons. The van der Waals surface area contributed by atoms with Gasteiger partial charge >= 0.3 is 5.97 Å². The molecule has 0 amide bonds. The highest BCUT2D eigenvalue weighted by atomic mass is 16.5. The van der Waals surface area contributed by atoms with Crippen LogP contribution in [0.5, 0.6) is 0 Å². The fourth-order valence-electron chi connectivity index (χ4n) is 1.10. The van der Waals surface area contributed by atoms with Crippen LogP contribution in [-0.2, 0) is 4.74 Å². The molecule has 4 heteroatoms. The Hall–Kier alpha value is -1.99. The van der Waals surface area contributed by atoms with Crippen LogP contribution in [-0.4, -0.2) is 19.6 Å². The number of methoxy groups -OCH3 is 1. The first-order valence-electron chi connectivity index (χ1n) is 4.36. The van der Waals surface area contributed by atoms with Crippen LogP contribution < -0.4 is 11.5 Å². The smallest absolute Gasteiger partial charge is 0.339 e. The molecule has 1 aromatic rings. The van der Waals surface area contributed by atoms with E-state index >= 15 is 0 Å². The van der Waals surface area contributed by atoms with Crippen LogP contribution in [0.3, 0.4) is 0 Å². The molecule has 4 nitrogen and oxygen atoms in total. The molecular formula is C11H12N2O2. The number of esters is 1. The van der Waals surface area contributed by atoms with Gasteiger partial charge in [0.15, 0.2) is 0 Å². The van der Waals surface area contributed by atoms with Crippen LogP contribution in [0, 0.1) is 11.8 Å². The summed E-state index contributed by atoms with van der Waals surface area (Å²) in [5.74, 6) is 5.00. The van der Waals surface area contributed by atoms with E-state index in [-0.39, 0.29) is 6.54 Å². The SMILES string of the molecule is COC(=O)c1ccc(N)cc1C#CCN. The Labute approximate surface area is 88.2 Å². The summed E-state index contributed by atoms with van der Waals surface area (Å²) in [6.45, 7) is 0.232. The monoisotopic (exact) mass is 204 g/mol. The molecule has 0 bridgehead atoms. The van der Waals surface area contributed by atoms with Crippen molar-refractivity contribution in [3.8, 4) is 11.8 Å². The molecule has 0 saturated carbocycles. The summed E-state index contributed by atoms with van der Waals surface area (Å²) in [5, 5.41) is 0. The van der Waals surface area contributed by atoms with E-state index in [0.717, 1.165) is 0 Å². The molecule has 0 aliphatic carbocycles. The average molecular weight is 204 g/mol. The predicted molar refractivity (Wildman–Crippen MR) is 58.1 cm³/mol. The van der Waals surface area contributed by atoms with Gasteiger partial charge in [-0.25, -0.2) is 4.79 Å². The molecule has 15 heavy (non-hydrogen) atoms. The summed E-state index contributed by atoms with van der Waals surface area (Å²) >= 11 is 0. The number of hydrogen-bond donors (Lipinski definition) is 2. The molecule has 0 aliphatic heterocycles. The number of nitrogens with two attached hydrogens (primary N) is 2. The van der Waals surface area contributed by atoms with E-state index in [0.29, 0.717) is 16.8 Å². The van der Waals surface area contributed by atoms with Gasteiger partial charge in [0.25, 0.3) is 0 Å². The van der Waals surface area contributed by atoms with Crippen molar-refractivity contribution in [2.75, 3.05) is 19.4 Å². The molecule has 0 spiro atoms. The number of ether oxygens (including phenoxy) is 1. The molecule has 0 aliphatic rings. The zero-order chi connectivity index (χ0) is 11.3. The minimum Gasteiger partial charge on any atom is -0.465 e. The molecule has 1 aromatic carbocycles. The second kappa shape index (κ2) is 5.03. The van der Waals surface area contributed by atoms with E-state index in [1.807, 2.05) is 0 Å². The highest BCUT2D eigenvalue weighted by molar-refractivity contribution is 5.92. The lowest BCUT2D eigenvalue weighted by molar-refractivity contribution is 0.0600. The molecule has 0 fully saturated rings. The van der Waals surface area contributed by atoms with Crippen molar-refractivity contribution >= 4 is 11.7 Å². The number of anilines is 1. The Morgan fingerprint density at radius 3 is 2.87 bits per heavy atom. The zero-order valence-corrected chi connectivity index (χ0v) is 8.41. The lowest BCUT2D eigenvalue weighted by atomic mass is 10.1. The number of hydrogen-bond acceptors (Lipinski definition) is 4. The first-order valence-corrected chi connectivity index (χ1v) is 4.36. The van der Waals surface area contributed by atoms with Gasteiger partial charge in [0.2, 0.25) is 0 Å². The van der Waals surface area contributed by atoms with Crippen molar-refractivity contribution in [2.45, 2.75) is 0 Å². The second-order valence-corrected chi connectivity index (χ2v) is 2.80. The lowest BCUT2D eigenvalue weighted by Crippen LogP contribution is -2.05. The third-order valence-corrected chi connectivity index (χ3v) is 1.77. The van der Waals surface area contributed by atoms with E-state index in [1.165, 1.54) is 7.11 Å². The quantitative estimate of drug-likeness (QED) is 0.393. The van der Waals surface area contributed by atoms with Crippen LogP contribution in [0.4, 0.5) is 5.69 Å². The van der Waals surface area contributed by atoms with Crippen molar-refractivity contribution < 1.29 is 9.53 Å². The van der Waals surface area contributed by atoms with Gasteiger partial charge in [0.1, 0.15) is 0 Å². The van der Waals surface area contributed by atoms with Crippen molar-refractivity contribution in [2.24, 2.45) is 5.73 Å². The largest absolute Gasteiger partial charge is 0.465 e. The van der Waals surface area contributed by atoms with Gasteiger partial charge in [-0.05, 0) is 18.2 Å². The lowest BCUT2D eigenvalue weighted by Gasteiger charge is -2.03. The molecule has 0 heterocycles. The maximum absolute atomic E-state index is 11.3. The highest BCUT2D eigenvalue weighted by Gasteiger charge is 2.09. The normalized spacial score (nSPS) is 8.93. The van der Waals surface area contributed by atoms with Gasteiger partial charge in [-0.3, -0.25) is 0 Å². The Morgan fingerprint density at radius 1 is 1.53 bits per heavy atom. The molecule has 0 atom stereocenters. The first kappa shape index (κ1) is 11.1. The Morgan fingerprint density at radius 2 is 2.27 bits per heavy atom. The Balaban J connectivity index is 3.20. The summed E-state index contributed by atoms with van der Waals surface area (Å²) in [4.78, 5) is 11.3. The van der Waals surface area contributed by atoms with Crippen LogP contribution in [0.15, 0.2) is 18.2 Å². The topological polar surface area (TPSA) is 78.3 Å². The third-order valence-electron chi connectivity index (χ3n) is 1.77. The molecule has 78 valence electrons. The Bertz CT molecular complexity index is 430. The fraction of sp³-hybridized carbons (Fsp3) is 0.182. The van der Waals surface area contributed by atoms with Crippen molar-refractivity contribution in [3.63, 3.8) is 0 Å². The van der Waals surface area contributed by atoms with Crippen molar-refractivity contribution in [1.29, 1.82) is 0 Å². The summed E-state index contributed by atoms with van der Waals surface area (Å²) in [7, 11) is 1.32. The van der Waals surface area contributed by atoms with Gasteiger partial charge in [-0.1, -0.05) is 11.8 Å². The number of carbonyl (C=O) groups excluding carboxylic acids is 1. The highest BCUT2D eigenvalue weighted by Crippen LogP contribution is 2.13.